The van der Waals surface area contributed by atoms with Crippen LogP contribution in [0.5, 0.6) is 0 Å². The minimum Gasteiger partial charge on any atom is -0.748 e. The van der Waals surface area contributed by atoms with Crippen LogP contribution in [0.25, 0.3) is 10.8 Å². The molecule has 1 aromatic carbocycles. The Morgan fingerprint density at radius 2 is 1.75 bits per heavy atom. The summed E-state index contributed by atoms with van der Waals surface area (Å²) < 4.78 is 28.3. The number of aromatic amines is 1. The zero-order chi connectivity index (χ0) is 12.0. The van der Waals surface area contributed by atoms with Gasteiger partial charge in [-0.3, -0.25) is 0 Å². The van der Waals surface area contributed by atoms with Gasteiger partial charge in [-0.05, 0) is 11.5 Å². The van der Waals surface area contributed by atoms with Crippen molar-refractivity contribution in [3.8, 4) is 0 Å². The molecule has 0 saturated carbocycles. The van der Waals surface area contributed by atoms with E-state index in [2.05, 4.69) is 23.2 Å². The summed E-state index contributed by atoms with van der Waals surface area (Å²) in [5, 5.41) is 2.53. The molecule has 0 spiro atoms. The molecule has 5 heteroatoms. The van der Waals surface area contributed by atoms with Crippen LogP contribution in [0.4, 0.5) is 0 Å². The number of hydrogen-bond acceptors (Lipinski definition) is 3. The zero-order valence-electron chi connectivity index (χ0n) is 8.88. The molecule has 0 aliphatic carbocycles. The highest BCUT2D eigenvalue weighted by Crippen LogP contribution is 2.08. The topological polar surface area (TPSA) is 71.3 Å². The quantitative estimate of drug-likeness (QED) is 0.702. The molecule has 0 aliphatic heterocycles. The molecular weight excluding hydrogens is 226 g/mol. The number of hydrogen-bond donors (Lipinski definition) is 0. The number of pyridine rings is 1. The first-order valence-electron chi connectivity index (χ1n) is 4.81. The fraction of sp³-hybridized carbons (Fsp3) is 0.182. The van der Waals surface area contributed by atoms with Crippen LogP contribution < -0.4 is 4.98 Å². The van der Waals surface area contributed by atoms with Gasteiger partial charge in [0.05, 0.1) is 10.1 Å². The maximum atomic E-state index is 9.44. The van der Waals surface area contributed by atoms with Crippen molar-refractivity contribution in [2.45, 2.75) is 6.92 Å². The monoisotopic (exact) mass is 239 g/mol. The second-order valence-electron chi connectivity index (χ2n) is 3.12. The van der Waals surface area contributed by atoms with Crippen molar-refractivity contribution in [3.63, 3.8) is 0 Å². The number of H-pyrrole nitrogens is 1. The third-order valence-electron chi connectivity index (χ3n) is 1.95. The molecule has 0 aliphatic rings. The lowest BCUT2D eigenvalue weighted by Crippen LogP contribution is -1.98. The van der Waals surface area contributed by atoms with Crippen molar-refractivity contribution in [3.05, 3.63) is 42.7 Å². The van der Waals surface area contributed by atoms with E-state index >= 15 is 0 Å². The maximum absolute atomic E-state index is 9.44. The van der Waals surface area contributed by atoms with Crippen LogP contribution in [-0.4, -0.2) is 18.7 Å². The highest BCUT2D eigenvalue weighted by molar-refractivity contribution is 7.85. The summed E-state index contributed by atoms with van der Waals surface area (Å²) >= 11 is 0. The highest BCUT2D eigenvalue weighted by atomic mass is 32.2. The van der Waals surface area contributed by atoms with E-state index in [4.69, 9.17) is 0 Å². The molecule has 2 aromatic rings. The van der Waals surface area contributed by atoms with Crippen LogP contribution in [0.3, 0.4) is 0 Å². The fourth-order valence-electron chi connectivity index (χ4n) is 1.07. The Balaban J connectivity index is 0.000000187. The molecule has 1 N–H and O–H groups in total. The fourth-order valence-corrected chi connectivity index (χ4v) is 1.07. The van der Waals surface area contributed by atoms with E-state index in [1.807, 2.05) is 24.5 Å². The van der Waals surface area contributed by atoms with Gasteiger partial charge in [0.25, 0.3) is 0 Å². The molecule has 1 aromatic heterocycles. The Morgan fingerprint density at radius 1 is 1.19 bits per heavy atom. The summed E-state index contributed by atoms with van der Waals surface area (Å²) in [5.74, 6) is -0.312. The summed E-state index contributed by atoms with van der Waals surface area (Å²) in [7, 11) is -3.91. The number of fused-ring (bicyclic) bond motifs is 1. The Hall–Kier alpha value is -1.46. The summed E-state index contributed by atoms with van der Waals surface area (Å²) in [5.41, 5.74) is 0. The van der Waals surface area contributed by atoms with Gasteiger partial charge in [0.2, 0.25) is 0 Å². The van der Waals surface area contributed by atoms with Crippen LogP contribution in [0.1, 0.15) is 6.92 Å². The van der Waals surface area contributed by atoms with Gasteiger partial charge >= 0.3 is 0 Å². The van der Waals surface area contributed by atoms with Crippen molar-refractivity contribution in [2.75, 3.05) is 5.75 Å². The Morgan fingerprint density at radius 3 is 2.25 bits per heavy atom. The normalized spacial score (nSPS) is 10.6. The number of aromatic nitrogens is 1. The molecule has 0 fully saturated rings. The molecule has 0 radical (unpaired) electrons. The average molecular weight is 239 g/mol. The molecule has 86 valence electrons. The molecule has 0 atom stereocenters. The van der Waals surface area contributed by atoms with Crippen LogP contribution in [0.15, 0.2) is 42.7 Å². The van der Waals surface area contributed by atoms with E-state index in [0.717, 1.165) is 0 Å². The lowest BCUT2D eigenvalue weighted by Gasteiger charge is -1.97. The SMILES string of the molecule is CCS(=O)(=O)[O-].c1ccc2c[nH+]ccc2c1. The minimum atomic E-state index is -3.91. The second kappa shape index (κ2) is 5.58. The minimum absolute atomic E-state index is 0.312. The van der Waals surface area contributed by atoms with Gasteiger partial charge in [0.15, 0.2) is 12.4 Å². The molecular formula is C11H13NO3S. The van der Waals surface area contributed by atoms with Crippen molar-refractivity contribution in [1.29, 1.82) is 0 Å². The van der Waals surface area contributed by atoms with Crippen molar-refractivity contribution < 1.29 is 18.0 Å². The smallest absolute Gasteiger partial charge is 0.174 e. The molecule has 16 heavy (non-hydrogen) atoms. The first kappa shape index (κ1) is 12.6. The van der Waals surface area contributed by atoms with Gasteiger partial charge in [-0.2, -0.15) is 0 Å². The predicted molar refractivity (Wildman–Crippen MR) is 60.7 cm³/mol. The van der Waals surface area contributed by atoms with Crippen LogP contribution in [-0.2, 0) is 10.1 Å². The van der Waals surface area contributed by atoms with Gasteiger partial charge in [-0.15, -0.1) is 0 Å². The van der Waals surface area contributed by atoms with Crippen molar-refractivity contribution in [2.24, 2.45) is 0 Å². The summed E-state index contributed by atoms with van der Waals surface area (Å²) in [6.45, 7) is 1.31. The Labute approximate surface area is 94.7 Å². The van der Waals surface area contributed by atoms with E-state index < -0.39 is 10.1 Å². The zero-order valence-corrected chi connectivity index (χ0v) is 9.70. The molecule has 0 amide bonds. The molecule has 0 saturated heterocycles. The Bertz CT molecular complexity index is 486. The molecule has 0 bridgehead atoms. The molecule has 4 nitrogen and oxygen atoms in total. The van der Waals surface area contributed by atoms with E-state index in [9.17, 15) is 13.0 Å². The predicted octanol–water partition coefficient (Wildman–Crippen LogP) is 1.21. The summed E-state index contributed by atoms with van der Waals surface area (Å²) in [6.07, 6.45) is 3.93. The summed E-state index contributed by atoms with van der Waals surface area (Å²) in [4.78, 5) is 3.04. The Kier molecular flexibility index (Phi) is 4.39. The van der Waals surface area contributed by atoms with Crippen LogP contribution >= 0.6 is 0 Å². The highest BCUT2D eigenvalue weighted by Gasteiger charge is 1.90. The first-order chi connectivity index (χ1) is 7.53. The summed E-state index contributed by atoms with van der Waals surface area (Å²) in [6, 6.07) is 10.3. The number of nitrogens with one attached hydrogen (secondary N) is 1. The van der Waals surface area contributed by atoms with E-state index in [1.54, 1.807) is 0 Å². The standard InChI is InChI=1S/C9H7N.C2H6O3S/c1-2-4-9-7-10-6-5-8(9)3-1;1-2-6(3,4)5/h1-7H;2H2,1H3,(H,3,4,5). The maximum Gasteiger partial charge on any atom is 0.174 e. The third kappa shape index (κ3) is 4.37. The van der Waals surface area contributed by atoms with Crippen molar-refractivity contribution >= 4 is 20.9 Å². The van der Waals surface area contributed by atoms with Gasteiger partial charge < -0.3 is 4.55 Å². The van der Waals surface area contributed by atoms with Crippen LogP contribution in [0.2, 0.25) is 0 Å². The molecule has 1 heterocycles. The third-order valence-corrected chi connectivity index (χ3v) is 2.65. The average Bonchev–Trinajstić information content (AvgIpc) is 2.29. The second-order valence-corrected chi connectivity index (χ2v) is 4.81. The first-order valence-corrected chi connectivity index (χ1v) is 6.39. The lowest BCUT2D eigenvalue weighted by molar-refractivity contribution is -0.375. The number of benzene rings is 1. The molecule has 0 unspecified atom stereocenters. The van der Waals surface area contributed by atoms with Crippen molar-refractivity contribution in [1.82, 2.24) is 0 Å². The van der Waals surface area contributed by atoms with E-state index in [-0.39, 0.29) is 5.75 Å². The largest absolute Gasteiger partial charge is 0.748 e. The number of rotatable bonds is 1. The van der Waals surface area contributed by atoms with E-state index in [0.29, 0.717) is 0 Å². The lowest BCUT2D eigenvalue weighted by atomic mass is 10.2. The van der Waals surface area contributed by atoms with Gasteiger partial charge in [-0.1, -0.05) is 25.1 Å². The van der Waals surface area contributed by atoms with Gasteiger partial charge in [-0.25, -0.2) is 13.4 Å². The van der Waals surface area contributed by atoms with E-state index in [1.165, 1.54) is 17.7 Å². The van der Waals surface area contributed by atoms with Gasteiger partial charge in [0.1, 0.15) is 0 Å². The van der Waals surface area contributed by atoms with Crippen LogP contribution in [0, 0.1) is 0 Å². The van der Waals surface area contributed by atoms with Gasteiger partial charge in [0, 0.05) is 17.2 Å². The molecule has 2 rings (SSSR count).